The molecule has 1 N–H and O–H groups in total. The van der Waals surface area contributed by atoms with Crippen LogP contribution < -0.4 is 0 Å². The Bertz CT molecular complexity index is 362. The number of carbonyl (C=O) groups is 1. The van der Waals surface area contributed by atoms with E-state index >= 15 is 0 Å². The first-order chi connectivity index (χ1) is 6.66. The van der Waals surface area contributed by atoms with E-state index in [0.29, 0.717) is 0 Å². The van der Waals surface area contributed by atoms with Crippen LogP contribution in [0.3, 0.4) is 0 Å². The van der Waals surface area contributed by atoms with Crippen molar-refractivity contribution in [3.05, 3.63) is 29.8 Å². The second-order valence-electron chi connectivity index (χ2n) is 2.47. The number of esters is 1. The molecule has 0 saturated carbocycles. The van der Waals surface area contributed by atoms with Gasteiger partial charge in [0.15, 0.2) is 11.1 Å². The molecule has 4 nitrogen and oxygen atoms in total. The van der Waals surface area contributed by atoms with Crippen LogP contribution in [0.5, 0.6) is 0 Å². The Morgan fingerprint density at radius 1 is 1.50 bits per heavy atom. The third-order valence-electron chi connectivity index (χ3n) is 1.57. The molecule has 1 rings (SSSR count). The van der Waals surface area contributed by atoms with Crippen molar-refractivity contribution in [2.75, 3.05) is 6.61 Å². The molecular weight excluding hydrogens is 204 g/mol. The van der Waals surface area contributed by atoms with Gasteiger partial charge in [0.2, 0.25) is 0 Å². The highest BCUT2D eigenvalue weighted by atomic mass is 32.2. The molecule has 5 heteroatoms. The normalized spacial score (nSPS) is 12.1. The average molecular weight is 214 g/mol. The van der Waals surface area contributed by atoms with Crippen LogP contribution in [-0.2, 0) is 15.8 Å². The fraction of sp³-hybridized carbons (Fsp3) is 0.222. The van der Waals surface area contributed by atoms with E-state index in [1.807, 2.05) is 0 Å². The number of ether oxygens (including phenoxy) is 1. The topological polar surface area (TPSA) is 63.6 Å². The van der Waals surface area contributed by atoms with Gasteiger partial charge >= 0.3 is 5.97 Å². The van der Waals surface area contributed by atoms with Gasteiger partial charge in [-0.05, 0) is 19.1 Å². The van der Waals surface area contributed by atoms with E-state index in [4.69, 9.17) is 9.29 Å². The van der Waals surface area contributed by atoms with Gasteiger partial charge in [-0.1, -0.05) is 12.1 Å². The molecular formula is C9H10O4S. The number of carbonyl (C=O) groups excluding carboxylic acids is 1. The summed E-state index contributed by atoms with van der Waals surface area (Å²) >= 11 is -2.17. The van der Waals surface area contributed by atoms with E-state index in [-0.39, 0.29) is 17.1 Å². The molecule has 1 aromatic rings. The first-order valence-electron chi connectivity index (χ1n) is 4.03. The molecule has 0 fully saturated rings. The van der Waals surface area contributed by atoms with Crippen LogP contribution in [-0.4, -0.2) is 21.3 Å². The Morgan fingerprint density at radius 2 is 2.14 bits per heavy atom. The lowest BCUT2D eigenvalue weighted by Crippen LogP contribution is -2.08. The summed E-state index contributed by atoms with van der Waals surface area (Å²) in [6.07, 6.45) is 0. The molecule has 0 heterocycles. The number of rotatable bonds is 3. The maximum Gasteiger partial charge on any atom is 0.339 e. The van der Waals surface area contributed by atoms with Crippen LogP contribution in [0.2, 0.25) is 0 Å². The molecule has 0 saturated heterocycles. The maximum atomic E-state index is 11.3. The predicted molar refractivity (Wildman–Crippen MR) is 51.4 cm³/mol. The van der Waals surface area contributed by atoms with Crippen molar-refractivity contribution >= 4 is 17.0 Å². The molecule has 1 atom stereocenters. The van der Waals surface area contributed by atoms with E-state index in [1.165, 1.54) is 12.1 Å². The van der Waals surface area contributed by atoms with Crippen LogP contribution in [0.15, 0.2) is 29.2 Å². The van der Waals surface area contributed by atoms with Gasteiger partial charge in [-0.2, -0.15) is 0 Å². The largest absolute Gasteiger partial charge is 0.462 e. The summed E-state index contributed by atoms with van der Waals surface area (Å²) < 4.78 is 24.5. The molecule has 14 heavy (non-hydrogen) atoms. The minimum atomic E-state index is -2.17. The van der Waals surface area contributed by atoms with E-state index in [0.717, 1.165) is 0 Å². The summed E-state index contributed by atoms with van der Waals surface area (Å²) in [4.78, 5) is 11.4. The molecule has 1 unspecified atom stereocenters. The second-order valence-corrected chi connectivity index (χ2v) is 3.40. The van der Waals surface area contributed by atoms with Crippen molar-refractivity contribution in [1.29, 1.82) is 0 Å². The van der Waals surface area contributed by atoms with Crippen molar-refractivity contribution in [1.82, 2.24) is 0 Å². The molecule has 0 aliphatic heterocycles. The van der Waals surface area contributed by atoms with Crippen molar-refractivity contribution < 1.29 is 18.3 Å². The zero-order chi connectivity index (χ0) is 10.6. The number of hydrogen-bond acceptors (Lipinski definition) is 3. The molecule has 0 radical (unpaired) electrons. The third-order valence-corrected chi connectivity index (χ3v) is 2.30. The van der Waals surface area contributed by atoms with Crippen LogP contribution in [0, 0.1) is 0 Å². The summed E-state index contributed by atoms with van der Waals surface area (Å²) in [5, 5.41) is 0. The van der Waals surface area contributed by atoms with Gasteiger partial charge in [0.05, 0.1) is 17.1 Å². The minimum Gasteiger partial charge on any atom is -0.462 e. The van der Waals surface area contributed by atoms with Crippen molar-refractivity contribution in [2.24, 2.45) is 0 Å². The molecule has 0 bridgehead atoms. The SMILES string of the molecule is CCOC(=O)c1ccccc1S(=O)O. The highest BCUT2D eigenvalue weighted by Crippen LogP contribution is 2.13. The first kappa shape index (κ1) is 10.9. The third kappa shape index (κ3) is 2.40. The number of hydrogen-bond donors (Lipinski definition) is 1. The Balaban J connectivity index is 3.07. The summed E-state index contributed by atoms with van der Waals surface area (Å²) in [6.45, 7) is 1.92. The van der Waals surface area contributed by atoms with Gasteiger partial charge < -0.3 is 9.29 Å². The quantitative estimate of drug-likeness (QED) is 0.611. The Morgan fingerprint density at radius 3 is 2.71 bits per heavy atom. The predicted octanol–water partition coefficient (Wildman–Crippen LogP) is 1.44. The van der Waals surface area contributed by atoms with Crippen molar-refractivity contribution in [2.45, 2.75) is 11.8 Å². The monoisotopic (exact) mass is 214 g/mol. The Kier molecular flexibility index (Phi) is 3.79. The standard InChI is InChI=1S/C9H10O4S/c1-2-13-9(10)7-5-3-4-6-8(7)14(11)12/h3-6H,2H2,1H3,(H,11,12). The van der Waals surface area contributed by atoms with Gasteiger partial charge in [-0.25, -0.2) is 9.00 Å². The summed E-state index contributed by atoms with van der Waals surface area (Å²) in [5.41, 5.74) is 0.134. The van der Waals surface area contributed by atoms with Gasteiger partial charge in [0.25, 0.3) is 0 Å². The lowest BCUT2D eigenvalue weighted by molar-refractivity contribution is 0.0522. The van der Waals surface area contributed by atoms with Crippen LogP contribution in [0.25, 0.3) is 0 Å². The van der Waals surface area contributed by atoms with Gasteiger partial charge in [-0.15, -0.1) is 0 Å². The van der Waals surface area contributed by atoms with Crippen molar-refractivity contribution in [3.63, 3.8) is 0 Å². The highest BCUT2D eigenvalue weighted by molar-refractivity contribution is 7.79. The molecule has 0 aromatic heterocycles. The van der Waals surface area contributed by atoms with Crippen LogP contribution in [0.4, 0.5) is 0 Å². The molecule has 1 aromatic carbocycles. The van der Waals surface area contributed by atoms with Gasteiger partial charge in [-0.3, -0.25) is 0 Å². The van der Waals surface area contributed by atoms with E-state index in [1.54, 1.807) is 19.1 Å². The summed E-state index contributed by atoms with van der Waals surface area (Å²) in [5.74, 6) is -0.578. The Hall–Kier alpha value is -1.20. The average Bonchev–Trinajstić information content (AvgIpc) is 2.18. The highest BCUT2D eigenvalue weighted by Gasteiger charge is 2.14. The number of benzene rings is 1. The fourth-order valence-electron chi connectivity index (χ4n) is 0.996. The second kappa shape index (κ2) is 4.88. The Labute approximate surface area is 84.2 Å². The smallest absolute Gasteiger partial charge is 0.339 e. The lowest BCUT2D eigenvalue weighted by atomic mass is 10.2. The maximum absolute atomic E-state index is 11.3. The molecule has 0 spiro atoms. The molecule has 76 valence electrons. The minimum absolute atomic E-state index is 0.0750. The molecule has 0 amide bonds. The zero-order valence-corrected chi connectivity index (χ0v) is 8.41. The van der Waals surface area contributed by atoms with Gasteiger partial charge in [0.1, 0.15) is 0 Å². The first-order valence-corrected chi connectivity index (χ1v) is 5.14. The lowest BCUT2D eigenvalue weighted by Gasteiger charge is -2.04. The molecule has 0 aliphatic rings. The van der Waals surface area contributed by atoms with E-state index in [9.17, 15) is 9.00 Å². The summed E-state index contributed by atoms with van der Waals surface area (Å²) in [6, 6.07) is 6.08. The zero-order valence-electron chi connectivity index (χ0n) is 7.60. The van der Waals surface area contributed by atoms with E-state index < -0.39 is 17.0 Å². The van der Waals surface area contributed by atoms with Crippen molar-refractivity contribution in [3.8, 4) is 0 Å². The van der Waals surface area contributed by atoms with Crippen LogP contribution >= 0.6 is 0 Å². The molecule has 0 aliphatic carbocycles. The summed E-state index contributed by atoms with van der Waals surface area (Å²) in [7, 11) is 0. The van der Waals surface area contributed by atoms with Crippen LogP contribution in [0.1, 0.15) is 17.3 Å². The van der Waals surface area contributed by atoms with E-state index in [2.05, 4.69) is 0 Å². The van der Waals surface area contributed by atoms with Gasteiger partial charge in [0, 0.05) is 0 Å². The fourth-order valence-corrected chi connectivity index (χ4v) is 1.53.